The first-order valence-electron chi connectivity index (χ1n) is 9.94. The van der Waals surface area contributed by atoms with Crippen LogP contribution < -0.4 is 9.47 Å². The van der Waals surface area contributed by atoms with E-state index in [1.54, 1.807) is 12.1 Å². The number of pyridine rings is 1. The van der Waals surface area contributed by atoms with Crippen LogP contribution in [0, 0.1) is 5.82 Å². The molecule has 0 aliphatic heterocycles. The van der Waals surface area contributed by atoms with E-state index in [-0.39, 0.29) is 53.4 Å². The van der Waals surface area contributed by atoms with Crippen LogP contribution in [0.15, 0.2) is 48.5 Å². The van der Waals surface area contributed by atoms with Crippen LogP contribution in [0.4, 0.5) is 4.39 Å². The normalized spacial score (nSPS) is 10.7. The highest BCUT2D eigenvalue weighted by Gasteiger charge is 2.17. The fourth-order valence-corrected chi connectivity index (χ4v) is 3.48. The Morgan fingerprint density at radius 1 is 0.970 bits per heavy atom. The molecular formula is C24H20Cl2FNO5. The van der Waals surface area contributed by atoms with Gasteiger partial charge in [-0.25, -0.2) is 9.37 Å². The molecule has 0 aliphatic carbocycles. The lowest BCUT2D eigenvalue weighted by Gasteiger charge is -2.10. The number of benzene rings is 2. The zero-order valence-electron chi connectivity index (χ0n) is 17.6. The summed E-state index contributed by atoms with van der Waals surface area (Å²) in [5.41, 5.74) is 1.31. The Labute approximate surface area is 199 Å². The van der Waals surface area contributed by atoms with E-state index in [9.17, 15) is 14.0 Å². The van der Waals surface area contributed by atoms with Gasteiger partial charge in [0.1, 0.15) is 35.3 Å². The molecule has 0 unspecified atom stereocenters. The van der Waals surface area contributed by atoms with E-state index in [0.29, 0.717) is 28.3 Å². The highest BCUT2D eigenvalue weighted by atomic mass is 35.5. The van der Waals surface area contributed by atoms with E-state index >= 15 is 0 Å². The lowest BCUT2D eigenvalue weighted by Crippen LogP contribution is -2.08. The van der Waals surface area contributed by atoms with Crippen LogP contribution in [0.2, 0.25) is 10.0 Å². The Kier molecular flexibility index (Phi) is 8.38. The minimum atomic E-state index is -0.571. The maximum atomic E-state index is 13.5. The number of rotatable bonds is 10. The summed E-state index contributed by atoms with van der Waals surface area (Å²) in [6.45, 7) is -0.0725. The third-order valence-electron chi connectivity index (χ3n) is 4.74. The van der Waals surface area contributed by atoms with E-state index in [2.05, 4.69) is 4.98 Å². The molecule has 0 aliphatic rings. The third kappa shape index (κ3) is 6.07. The molecule has 0 atom stereocenters. The Balaban J connectivity index is 1.73. The first kappa shape index (κ1) is 24.6. The molecule has 1 N–H and O–H groups in total. The number of aliphatic hydroxyl groups excluding tert-OH is 1. The van der Waals surface area contributed by atoms with Gasteiger partial charge < -0.3 is 14.6 Å². The van der Waals surface area contributed by atoms with Gasteiger partial charge in [-0.1, -0.05) is 23.2 Å². The van der Waals surface area contributed by atoms with Crippen molar-refractivity contribution < 1.29 is 28.6 Å². The third-order valence-corrected chi connectivity index (χ3v) is 5.32. The van der Waals surface area contributed by atoms with Gasteiger partial charge >= 0.3 is 0 Å². The SMILES string of the molecule is COc1ccc(C(=O)CCC(=O)c2ccc(OCCO)c(Cl)c2)nc1-c1ccc(F)c(Cl)c1. The summed E-state index contributed by atoms with van der Waals surface area (Å²) < 4.78 is 24.1. The number of ether oxygens (including phenoxy) is 2. The minimum absolute atomic E-state index is 0.0442. The molecule has 3 rings (SSSR count). The number of Topliss-reactive ketones (excluding diaryl/α,β-unsaturated/α-hetero) is 2. The molecule has 3 aromatic rings. The van der Waals surface area contributed by atoms with E-state index in [1.807, 2.05) is 0 Å². The highest BCUT2D eigenvalue weighted by molar-refractivity contribution is 6.32. The van der Waals surface area contributed by atoms with Crippen molar-refractivity contribution >= 4 is 34.8 Å². The summed E-state index contributed by atoms with van der Waals surface area (Å²) in [6, 6.07) is 11.7. The molecule has 6 nitrogen and oxygen atoms in total. The molecule has 1 heterocycles. The van der Waals surface area contributed by atoms with Crippen LogP contribution in [0.3, 0.4) is 0 Å². The van der Waals surface area contributed by atoms with Crippen LogP contribution in [-0.4, -0.2) is 42.0 Å². The highest BCUT2D eigenvalue weighted by Crippen LogP contribution is 2.31. The molecule has 0 saturated carbocycles. The Morgan fingerprint density at radius 2 is 1.70 bits per heavy atom. The number of carbonyl (C=O) groups excluding carboxylic acids is 2. The number of methoxy groups -OCH3 is 1. The topological polar surface area (TPSA) is 85.7 Å². The summed E-state index contributed by atoms with van der Waals surface area (Å²) in [4.78, 5) is 29.6. The summed E-state index contributed by atoms with van der Waals surface area (Å²) >= 11 is 12.0. The molecule has 0 saturated heterocycles. The predicted molar refractivity (Wildman–Crippen MR) is 123 cm³/mol. The largest absolute Gasteiger partial charge is 0.494 e. The van der Waals surface area contributed by atoms with E-state index in [1.165, 1.54) is 43.5 Å². The average molecular weight is 492 g/mol. The zero-order valence-corrected chi connectivity index (χ0v) is 19.1. The maximum absolute atomic E-state index is 13.5. The molecule has 0 bridgehead atoms. The number of ketones is 2. The Bertz CT molecular complexity index is 1190. The second-order valence-electron chi connectivity index (χ2n) is 6.94. The van der Waals surface area contributed by atoms with E-state index in [4.69, 9.17) is 37.8 Å². The number of carbonyl (C=O) groups is 2. The fourth-order valence-electron chi connectivity index (χ4n) is 3.06. The molecule has 1 aromatic heterocycles. The van der Waals surface area contributed by atoms with Crippen LogP contribution in [0.25, 0.3) is 11.3 Å². The smallest absolute Gasteiger partial charge is 0.181 e. The molecular weight excluding hydrogens is 472 g/mol. The Morgan fingerprint density at radius 3 is 2.36 bits per heavy atom. The molecule has 33 heavy (non-hydrogen) atoms. The number of halogens is 3. The van der Waals surface area contributed by atoms with Gasteiger partial charge in [0.2, 0.25) is 0 Å². The first-order chi connectivity index (χ1) is 15.8. The van der Waals surface area contributed by atoms with Gasteiger partial charge in [-0.15, -0.1) is 0 Å². The van der Waals surface area contributed by atoms with Crippen LogP contribution in [-0.2, 0) is 0 Å². The van der Waals surface area contributed by atoms with Gasteiger partial charge in [0.15, 0.2) is 11.6 Å². The molecule has 172 valence electrons. The van der Waals surface area contributed by atoms with Crippen molar-refractivity contribution in [1.82, 2.24) is 4.98 Å². The fraction of sp³-hybridized carbons (Fsp3) is 0.208. The molecule has 2 aromatic carbocycles. The van der Waals surface area contributed by atoms with Crippen LogP contribution in [0.5, 0.6) is 11.5 Å². The van der Waals surface area contributed by atoms with Crippen molar-refractivity contribution in [2.45, 2.75) is 12.8 Å². The van der Waals surface area contributed by atoms with Crippen molar-refractivity contribution in [2.24, 2.45) is 0 Å². The second kappa shape index (κ2) is 11.2. The van der Waals surface area contributed by atoms with E-state index < -0.39 is 5.82 Å². The summed E-state index contributed by atoms with van der Waals surface area (Å²) in [6.07, 6.45) is -0.112. The first-order valence-corrected chi connectivity index (χ1v) is 10.7. The number of hydrogen-bond donors (Lipinski definition) is 1. The quantitative estimate of drug-likeness (QED) is 0.381. The van der Waals surface area contributed by atoms with Crippen molar-refractivity contribution in [3.63, 3.8) is 0 Å². The predicted octanol–water partition coefficient (Wildman–Crippen LogP) is 5.42. The second-order valence-corrected chi connectivity index (χ2v) is 7.75. The lowest BCUT2D eigenvalue weighted by atomic mass is 10.0. The van der Waals surface area contributed by atoms with Gasteiger partial charge in [0.25, 0.3) is 0 Å². The summed E-state index contributed by atoms with van der Waals surface area (Å²) in [7, 11) is 1.46. The van der Waals surface area contributed by atoms with Crippen LogP contribution in [0.1, 0.15) is 33.7 Å². The van der Waals surface area contributed by atoms with E-state index in [0.717, 1.165) is 0 Å². The maximum Gasteiger partial charge on any atom is 0.181 e. The van der Waals surface area contributed by atoms with Crippen molar-refractivity contribution in [1.29, 1.82) is 0 Å². The number of hydrogen-bond acceptors (Lipinski definition) is 6. The van der Waals surface area contributed by atoms with Gasteiger partial charge in [-0.3, -0.25) is 9.59 Å². The molecule has 0 spiro atoms. The van der Waals surface area contributed by atoms with Gasteiger partial charge in [-0.2, -0.15) is 0 Å². The molecule has 0 radical (unpaired) electrons. The van der Waals surface area contributed by atoms with Gasteiger partial charge in [0.05, 0.1) is 23.8 Å². The monoisotopic (exact) mass is 491 g/mol. The van der Waals surface area contributed by atoms with Crippen molar-refractivity contribution in [3.05, 3.63) is 75.7 Å². The Hall–Kier alpha value is -3.00. The average Bonchev–Trinajstić information content (AvgIpc) is 2.82. The molecule has 9 heteroatoms. The van der Waals surface area contributed by atoms with Crippen LogP contribution >= 0.6 is 23.2 Å². The number of aromatic nitrogens is 1. The standard InChI is InChI=1S/C24H20Cl2FNO5/c1-32-23-9-5-19(28-24(23)15-2-4-18(27)16(25)13-15)21(31)7-6-20(30)14-3-8-22(17(26)12-14)33-11-10-29/h2-5,8-9,12-13,29H,6-7,10-11H2,1H3. The van der Waals surface area contributed by atoms with Gasteiger partial charge in [-0.05, 0) is 48.5 Å². The molecule has 0 amide bonds. The van der Waals surface area contributed by atoms with Crippen molar-refractivity contribution in [2.75, 3.05) is 20.3 Å². The number of nitrogens with zero attached hydrogens (tertiary/aromatic N) is 1. The molecule has 0 fully saturated rings. The summed E-state index contributed by atoms with van der Waals surface area (Å²) in [5, 5.41) is 8.98. The lowest BCUT2D eigenvalue weighted by molar-refractivity contribution is 0.0915. The minimum Gasteiger partial charge on any atom is -0.494 e. The zero-order chi connectivity index (χ0) is 24.0. The van der Waals surface area contributed by atoms with Gasteiger partial charge in [0, 0.05) is 24.0 Å². The number of aliphatic hydroxyl groups is 1. The summed E-state index contributed by atoms with van der Waals surface area (Å²) in [5.74, 6) is -0.427. The van der Waals surface area contributed by atoms with Crippen molar-refractivity contribution in [3.8, 4) is 22.8 Å².